The summed E-state index contributed by atoms with van der Waals surface area (Å²) in [7, 11) is 0. The molecule has 3 heteroatoms. The number of aldehydes is 1. The van der Waals surface area contributed by atoms with Crippen LogP contribution < -0.4 is 5.73 Å². The number of allylic oxidation sites excluding steroid dienone is 1. The van der Waals surface area contributed by atoms with Crippen molar-refractivity contribution in [3.8, 4) is 0 Å². The largest absolute Gasteiger partial charge is 0.361 e. The molecule has 0 fully saturated rings. The Morgan fingerprint density at radius 2 is 2.29 bits per heavy atom. The van der Waals surface area contributed by atoms with Crippen LogP contribution in [0.15, 0.2) is 37.1 Å². The highest BCUT2D eigenvalue weighted by molar-refractivity contribution is 5.84. The summed E-state index contributed by atoms with van der Waals surface area (Å²) in [5.41, 5.74) is 9.03. The van der Waals surface area contributed by atoms with Crippen molar-refractivity contribution in [2.24, 2.45) is 5.73 Å². The molecule has 0 radical (unpaired) electrons. The van der Waals surface area contributed by atoms with Gasteiger partial charge in [0, 0.05) is 17.1 Å². The molecule has 0 aliphatic heterocycles. The van der Waals surface area contributed by atoms with Gasteiger partial charge in [0.15, 0.2) is 0 Å². The molecular formula is C14H16N2O. The summed E-state index contributed by atoms with van der Waals surface area (Å²) < 4.78 is 0. The Labute approximate surface area is 100 Å². The zero-order chi connectivity index (χ0) is 12.3. The van der Waals surface area contributed by atoms with Crippen molar-refractivity contribution in [2.45, 2.75) is 18.9 Å². The molecule has 1 aromatic heterocycles. The monoisotopic (exact) mass is 228 g/mol. The second-order valence-electron chi connectivity index (χ2n) is 4.19. The second kappa shape index (κ2) is 4.97. The van der Waals surface area contributed by atoms with E-state index in [0.29, 0.717) is 6.42 Å². The van der Waals surface area contributed by atoms with Crippen LogP contribution in [0.4, 0.5) is 0 Å². The van der Waals surface area contributed by atoms with Crippen LogP contribution in [0, 0.1) is 0 Å². The van der Waals surface area contributed by atoms with Crippen molar-refractivity contribution >= 4 is 17.2 Å². The number of nitrogens with two attached hydrogens (primary N) is 1. The zero-order valence-corrected chi connectivity index (χ0v) is 9.65. The molecule has 0 aliphatic rings. The molecule has 88 valence electrons. The van der Waals surface area contributed by atoms with Crippen molar-refractivity contribution in [3.05, 3.63) is 48.2 Å². The number of hydrogen-bond donors (Lipinski definition) is 2. The van der Waals surface area contributed by atoms with Crippen LogP contribution in [0.5, 0.6) is 0 Å². The van der Waals surface area contributed by atoms with Crippen molar-refractivity contribution in [2.75, 3.05) is 0 Å². The molecule has 17 heavy (non-hydrogen) atoms. The van der Waals surface area contributed by atoms with E-state index in [4.69, 9.17) is 5.73 Å². The van der Waals surface area contributed by atoms with E-state index < -0.39 is 6.04 Å². The molecule has 2 rings (SSSR count). The fourth-order valence-corrected chi connectivity index (χ4v) is 1.99. The predicted molar refractivity (Wildman–Crippen MR) is 69.9 cm³/mol. The third-order valence-electron chi connectivity index (χ3n) is 2.84. The van der Waals surface area contributed by atoms with Crippen molar-refractivity contribution in [3.63, 3.8) is 0 Å². The fraction of sp³-hybridized carbons (Fsp3) is 0.214. The first-order chi connectivity index (χ1) is 8.24. The first kappa shape index (κ1) is 11.6. The molecule has 0 amide bonds. The van der Waals surface area contributed by atoms with E-state index >= 15 is 0 Å². The van der Waals surface area contributed by atoms with Crippen LogP contribution in [-0.4, -0.2) is 17.3 Å². The van der Waals surface area contributed by atoms with Crippen LogP contribution >= 0.6 is 0 Å². The van der Waals surface area contributed by atoms with Crippen molar-refractivity contribution < 1.29 is 4.79 Å². The normalized spacial score (nSPS) is 12.5. The van der Waals surface area contributed by atoms with Crippen molar-refractivity contribution in [1.29, 1.82) is 0 Å². The maximum Gasteiger partial charge on any atom is 0.137 e. The van der Waals surface area contributed by atoms with Gasteiger partial charge in [-0.2, -0.15) is 0 Å². The highest BCUT2D eigenvalue weighted by atomic mass is 16.1. The molecule has 0 unspecified atom stereocenters. The van der Waals surface area contributed by atoms with Crippen LogP contribution in [0.1, 0.15) is 11.1 Å². The summed E-state index contributed by atoms with van der Waals surface area (Å²) in [6, 6.07) is 5.81. The molecule has 3 nitrogen and oxygen atoms in total. The number of carbonyl (C=O) groups excluding carboxylic acids is 1. The highest BCUT2D eigenvalue weighted by Crippen LogP contribution is 2.21. The average Bonchev–Trinajstić information content (AvgIpc) is 2.72. The summed E-state index contributed by atoms with van der Waals surface area (Å²) in [6.07, 6.45) is 6.00. The second-order valence-corrected chi connectivity index (χ2v) is 4.19. The number of aromatic amines is 1. The lowest BCUT2D eigenvalue weighted by Gasteiger charge is -2.03. The summed E-state index contributed by atoms with van der Waals surface area (Å²) in [4.78, 5) is 13.8. The summed E-state index contributed by atoms with van der Waals surface area (Å²) in [6.45, 7) is 3.73. The molecule has 1 atom stereocenters. The Bertz CT molecular complexity index is 542. The highest BCUT2D eigenvalue weighted by Gasteiger charge is 2.08. The SMILES string of the molecule is C=CCc1ccc2[nH]cc(C[C@H](N)C=O)c2c1. The van der Waals surface area contributed by atoms with Gasteiger partial charge in [0.2, 0.25) is 0 Å². The minimum absolute atomic E-state index is 0.433. The predicted octanol–water partition coefficient (Wildman–Crippen LogP) is 1.97. The van der Waals surface area contributed by atoms with Gasteiger partial charge in [-0.1, -0.05) is 12.1 Å². The topological polar surface area (TPSA) is 58.9 Å². The lowest BCUT2D eigenvalue weighted by atomic mass is 10.0. The van der Waals surface area contributed by atoms with Gasteiger partial charge in [-0.25, -0.2) is 0 Å². The van der Waals surface area contributed by atoms with E-state index in [2.05, 4.69) is 23.7 Å². The van der Waals surface area contributed by atoms with Gasteiger partial charge in [-0.05, 0) is 36.1 Å². The Balaban J connectivity index is 2.38. The van der Waals surface area contributed by atoms with Gasteiger partial charge >= 0.3 is 0 Å². The third-order valence-corrected chi connectivity index (χ3v) is 2.84. The van der Waals surface area contributed by atoms with E-state index in [1.165, 1.54) is 5.56 Å². The number of H-pyrrole nitrogens is 1. The first-order valence-electron chi connectivity index (χ1n) is 5.65. The molecule has 1 aromatic carbocycles. The lowest BCUT2D eigenvalue weighted by Crippen LogP contribution is -2.23. The molecule has 0 aliphatic carbocycles. The Hall–Kier alpha value is -1.87. The van der Waals surface area contributed by atoms with Crippen LogP contribution in [0.3, 0.4) is 0 Å². The molecule has 0 spiro atoms. The van der Waals surface area contributed by atoms with Gasteiger partial charge in [0.05, 0.1) is 6.04 Å². The van der Waals surface area contributed by atoms with Crippen LogP contribution in [0.2, 0.25) is 0 Å². The Kier molecular flexibility index (Phi) is 3.40. The van der Waals surface area contributed by atoms with Gasteiger partial charge in [-0.3, -0.25) is 0 Å². The Morgan fingerprint density at radius 3 is 3.00 bits per heavy atom. The third kappa shape index (κ3) is 2.45. The number of nitrogens with one attached hydrogen (secondary N) is 1. The quantitative estimate of drug-likeness (QED) is 0.607. The minimum atomic E-state index is -0.433. The summed E-state index contributed by atoms with van der Waals surface area (Å²) in [5.74, 6) is 0. The van der Waals surface area contributed by atoms with Gasteiger partial charge in [-0.15, -0.1) is 6.58 Å². The molecule has 0 bridgehead atoms. The number of rotatable bonds is 5. The standard InChI is InChI=1S/C14H16N2O/c1-2-3-10-4-5-14-13(6-10)11(8-16-14)7-12(15)9-17/h2,4-6,8-9,12,16H,1,3,7,15H2/t12-/m0/s1. The average molecular weight is 228 g/mol. The van der Waals surface area contributed by atoms with E-state index in [-0.39, 0.29) is 0 Å². The van der Waals surface area contributed by atoms with Gasteiger partial charge in [0.25, 0.3) is 0 Å². The number of carbonyl (C=O) groups is 1. The Morgan fingerprint density at radius 1 is 1.47 bits per heavy atom. The zero-order valence-electron chi connectivity index (χ0n) is 9.65. The molecular weight excluding hydrogens is 212 g/mol. The maximum absolute atomic E-state index is 10.6. The van der Waals surface area contributed by atoms with E-state index in [9.17, 15) is 4.79 Å². The summed E-state index contributed by atoms with van der Waals surface area (Å²) in [5, 5.41) is 1.14. The van der Waals surface area contributed by atoms with E-state index in [1.54, 1.807) is 0 Å². The lowest BCUT2D eigenvalue weighted by molar-refractivity contribution is -0.108. The summed E-state index contributed by atoms with van der Waals surface area (Å²) >= 11 is 0. The van der Waals surface area contributed by atoms with Crippen LogP contribution in [-0.2, 0) is 17.6 Å². The van der Waals surface area contributed by atoms with E-state index in [0.717, 1.165) is 29.2 Å². The molecule has 1 heterocycles. The molecule has 0 saturated heterocycles. The number of benzene rings is 1. The minimum Gasteiger partial charge on any atom is -0.361 e. The van der Waals surface area contributed by atoms with Crippen LogP contribution in [0.25, 0.3) is 10.9 Å². The number of fused-ring (bicyclic) bond motifs is 1. The van der Waals surface area contributed by atoms with Gasteiger partial charge in [0.1, 0.15) is 6.29 Å². The van der Waals surface area contributed by atoms with Crippen molar-refractivity contribution in [1.82, 2.24) is 4.98 Å². The molecule has 0 saturated carbocycles. The number of aromatic nitrogens is 1. The van der Waals surface area contributed by atoms with Gasteiger partial charge < -0.3 is 15.5 Å². The fourth-order valence-electron chi connectivity index (χ4n) is 1.99. The maximum atomic E-state index is 10.6. The first-order valence-corrected chi connectivity index (χ1v) is 5.65. The molecule has 2 aromatic rings. The molecule has 3 N–H and O–H groups in total. The van der Waals surface area contributed by atoms with E-state index in [1.807, 2.05) is 18.3 Å². The smallest absolute Gasteiger partial charge is 0.137 e. The number of hydrogen-bond acceptors (Lipinski definition) is 2.